The van der Waals surface area contributed by atoms with Gasteiger partial charge in [0.2, 0.25) is 5.91 Å². The number of aromatic amines is 3. The number of imidazole rings is 3. The number of hydrogen-bond donors (Lipinski definition) is 7. The highest BCUT2D eigenvalue weighted by Crippen LogP contribution is 2.43. The number of esters is 1. The maximum Gasteiger partial charge on any atom is 0.308 e. The van der Waals surface area contributed by atoms with Crippen molar-refractivity contribution in [3.05, 3.63) is 148 Å². The number of ether oxygens (including phenoxy) is 2. The highest BCUT2D eigenvalue weighted by molar-refractivity contribution is 7.08. The van der Waals surface area contributed by atoms with Crippen LogP contribution in [0.4, 0.5) is 17.5 Å². The van der Waals surface area contributed by atoms with Crippen molar-refractivity contribution >= 4 is 107 Å². The molecule has 16 rings (SSSR count). The summed E-state index contributed by atoms with van der Waals surface area (Å²) >= 11 is 7.91. The number of nitrogens with two attached hydrogens (primary N) is 3. The van der Waals surface area contributed by atoms with Crippen molar-refractivity contribution in [2.24, 2.45) is 11.8 Å². The number of halogens is 1. The summed E-state index contributed by atoms with van der Waals surface area (Å²) in [5.41, 5.74) is 29.9. The van der Waals surface area contributed by atoms with Gasteiger partial charge in [-0.05, 0) is 126 Å². The van der Waals surface area contributed by atoms with Crippen LogP contribution >= 0.6 is 22.9 Å². The molecule has 2 amide bonds. The molecule has 2 aliphatic carbocycles. The molecule has 2 saturated carbocycles. The fourth-order valence-electron chi connectivity index (χ4n) is 14.2. The van der Waals surface area contributed by atoms with Crippen LogP contribution in [0.2, 0.25) is 5.02 Å². The van der Waals surface area contributed by atoms with Crippen LogP contribution < -0.4 is 27.3 Å². The van der Waals surface area contributed by atoms with E-state index < -0.39 is 0 Å². The molecule has 0 atom stereocenters. The quantitative estimate of drug-likeness (QED) is 0.0559. The summed E-state index contributed by atoms with van der Waals surface area (Å²) in [7, 11) is 1.44. The van der Waals surface area contributed by atoms with E-state index in [1.165, 1.54) is 7.11 Å². The molecule has 10 aromatic heterocycles. The first-order valence-corrected chi connectivity index (χ1v) is 33.9. The number of rotatable bonds is 12. The SMILES string of the molecule is CCOc1cccc2cc(-c3nc(C4CCC(CNC(C)=O)CC4)n4ccnc(N)c34)[nH]c12.COC(=O)C1CCC(c2nc(-c3cc4cccc(Cl)c4[nH]3)c3c(N)nc(C)nn23)CC1.Nc1nccn2c(C3CCN(C(=O)c4ccsc4)CC3)nc(-c3ccc4cn[nH]c4c3)c12. The molecule has 3 fully saturated rings. The zero-order valence-corrected chi connectivity index (χ0v) is 55.3. The number of fused-ring (bicyclic) bond motifs is 6. The third-order valence-corrected chi connectivity index (χ3v) is 20.0. The van der Waals surface area contributed by atoms with Crippen LogP contribution in [0.1, 0.15) is 129 Å². The van der Waals surface area contributed by atoms with Crippen LogP contribution in [0.5, 0.6) is 5.75 Å². The van der Waals surface area contributed by atoms with Gasteiger partial charge >= 0.3 is 5.97 Å². The van der Waals surface area contributed by atoms with Gasteiger partial charge in [0, 0.05) is 96.2 Å². The number of piperidine rings is 1. The van der Waals surface area contributed by atoms with Crippen LogP contribution in [-0.4, -0.2) is 125 Å². The molecule has 11 heterocycles. The number of carbonyl (C=O) groups is 3. The van der Waals surface area contributed by atoms with Crippen molar-refractivity contribution in [3.8, 4) is 39.8 Å². The second-order valence-electron chi connectivity index (χ2n) is 25.0. The molecule has 96 heavy (non-hydrogen) atoms. The Morgan fingerprint density at radius 3 is 1.99 bits per heavy atom. The molecule has 10 N–H and O–H groups in total. The lowest BCUT2D eigenvalue weighted by molar-refractivity contribution is -0.146. The van der Waals surface area contributed by atoms with E-state index in [1.807, 2.05) is 107 Å². The number of para-hydroxylation sites is 2. The number of aryl methyl sites for hydroxylation is 1. The van der Waals surface area contributed by atoms with Gasteiger partial charge in [0.15, 0.2) is 5.82 Å². The van der Waals surface area contributed by atoms with Crippen LogP contribution in [0.3, 0.4) is 0 Å². The van der Waals surface area contributed by atoms with E-state index in [0.29, 0.717) is 71.0 Å². The van der Waals surface area contributed by atoms with Crippen molar-refractivity contribution in [2.45, 2.75) is 103 Å². The molecular weight excluding hydrogens is 1250 g/mol. The highest BCUT2D eigenvalue weighted by Gasteiger charge is 2.34. The number of nitrogens with zero attached hydrogens (tertiary/aromatic N) is 12. The maximum absolute atomic E-state index is 12.7. The molecular formula is C70H74ClN19O5S. The van der Waals surface area contributed by atoms with Crippen molar-refractivity contribution in [3.63, 3.8) is 0 Å². The van der Waals surface area contributed by atoms with Gasteiger partial charge in [0.25, 0.3) is 5.91 Å². The Morgan fingerprint density at radius 2 is 1.32 bits per heavy atom. The summed E-state index contributed by atoms with van der Waals surface area (Å²) in [6.07, 6.45) is 18.3. The fourth-order valence-corrected chi connectivity index (χ4v) is 15.0. The van der Waals surface area contributed by atoms with E-state index in [-0.39, 0.29) is 35.5 Å². The van der Waals surface area contributed by atoms with E-state index in [1.54, 1.807) is 36.9 Å². The lowest BCUT2D eigenvalue weighted by atomic mass is 9.81. The van der Waals surface area contributed by atoms with Crippen LogP contribution in [-0.2, 0) is 14.3 Å². The summed E-state index contributed by atoms with van der Waals surface area (Å²) in [5, 5.41) is 22.3. The fraction of sp³-hybridized carbons (Fsp3) is 0.329. The number of amides is 2. The monoisotopic (exact) mass is 1330 g/mol. The standard InChI is InChI=1S/C25H30N6O2.C23H21N7OS.C22H23ClN6O2/c1-3-33-20-6-4-5-18-13-19(29-21(18)20)22-23-24(26)27-11-12-31(23)25(30-22)17-9-7-16(8-10-17)14-28-15(2)32;24-21-20-19(15-1-2-16-12-26-28-18(16)11-15)27-22(30(20)9-6-25-21)14-3-7-29(8-4-14)23(31)17-5-10-32-13-17;1-11-25-20(24)19-18(16-10-14-4-3-5-15(23)17(14)26-16)27-21(29(19)28-11)12-6-8-13(9-7-12)22(30)31-2/h4-6,11-13,16-17,29H,3,7-10,14H2,1-2H3,(H2,26,27)(H,28,32);1-2,5-6,9-14H,3-4,7-8H2,(H2,24,25)(H,26,28);3-5,10,12-13,26H,6-9H2,1-2H3,(H2,24,25,28). The topological polar surface area (TPSA) is 327 Å². The number of benzene rings is 3. The highest BCUT2D eigenvalue weighted by atomic mass is 35.5. The van der Waals surface area contributed by atoms with Crippen LogP contribution in [0, 0.1) is 18.8 Å². The smallest absolute Gasteiger partial charge is 0.308 e. The number of nitrogen functional groups attached to an aromatic ring is 3. The molecule has 0 spiro atoms. The molecule has 26 heteroatoms. The van der Waals surface area contributed by atoms with Crippen molar-refractivity contribution in [2.75, 3.05) is 50.6 Å². The molecule has 0 radical (unpaired) electrons. The van der Waals surface area contributed by atoms with E-state index in [0.717, 1.165) is 172 Å². The number of thiophene rings is 1. The van der Waals surface area contributed by atoms with Crippen molar-refractivity contribution in [1.82, 2.24) is 78.7 Å². The largest absolute Gasteiger partial charge is 0.492 e. The summed E-state index contributed by atoms with van der Waals surface area (Å²) < 4.78 is 16.7. The second-order valence-corrected chi connectivity index (χ2v) is 26.2. The molecule has 492 valence electrons. The Labute approximate surface area is 560 Å². The summed E-state index contributed by atoms with van der Waals surface area (Å²) in [6.45, 7) is 8.15. The first-order valence-electron chi connectivity index (χ1n) is 32.6. The van der Waals surface area contributed by atoms with E-state index in [4.69, 9.17) is 53.2 Å². The van der Waals surface area contributed by atoms with Crippen LogP contribution in [0.25, 0.3) is 83.3 Å². The zero-order valence-electron chi connectivity index (χ0n) is 53.7. The summed E-state index contributed by atoms with van der Waals surface area (Å²) in [4.78, 5) is 72.9. The maximum atomic E-state index is 12.7. The predicted octanol–water partition coefficient (Wildman–Crippen LogP) is 12.5. The number of H-pyrrole nitrogens is 3. The molecule has 24 nitrogen and oxygen atoms in total. The van der Waals surface area contributed by atoms with Crippen LogP contribution in [0.15, 0.2) is 115 Å². The minimum Gasteiger partial charge on any atom is -0.492 e. The minimum absolute atomic E-state index is 0.0369. The van der Waals surface area contributed by atoms with E-state index >= 15 is 0 Å². The molecule has 0 bridgehead atoms. The molecule has 1 aliphatic heterocycles. The third kappa shape index (κ3) is 12.3. The predicted molar refractivity (Wildman–Crippen MR) is 373 cm³/mol. The Hall–Kier alpha value is -10.4. The number of nitrogens with one attached hydrogen (secondary N) is 4. The van der Waals surface area contributed by atoms with Gasteiger partial charge in [-0.3, -0.25) is 28.3 Å². The summed E-state index contributed by atoms with van der Waals surface area (Å²) in [5.74, 6) is 6.78. The number of aromatic nitrogens is 14. The first-order chi connectivity index (χ1) is 46.7. The van der Waals surface area contributed by atoms with Gasteiger partial charge in [-0.1, -0.05) is 48.0 Å². The Morgan fingerprint density at radius 1 is 0.698 bits per heavy atom. The Kier molecular flexibility index (Phi) is 17.6. The average Bonchev–Trinajstić information content (AvgIpc) is 1.61. The Balaban J connectivity index is 0.000000124. The van der Waals surface area contributed by atoms with Gasteiger partial charge in [-0.15, -0.1) is 0 Å². The number of hydrogen-bond acceptors (Lipinski definition) is 17. The number of anilines is 3. The van der Waals surface area contributed by atoms with Gasteiger partial charge in [-0.25, -0.2) is 34.4 Å². The number of methoxy groups -OCH3 is 1. The van der Waals surface area contributed by atoms with Gasteiger partial charge in [0.1, 0.15) is 74.3 Å². The number of carbonyl (C=O) groups excluding carboxylic acids is 3. The third-order valence-electron chi connectivity index (χ3n) is 19.0. The van der Waals surface area contributed by atoms with Crippen molar-refractivity contribution < 1.29 is 23.9 Å². The molecule has 3 aromatic carbocycles. The second kappa shape index (κ2) is 26.8. The Bertz CT molecular complexity index is 5020. The molecule has 1 saturated heterocycles. The van der Waals surface area contributed by atoms with E-state index in [9.17, 15) is 14.4 Å². The minimum atomic E-state index is -0.135. The van der Waals surface area contributed by atoms with Gasteiger partial charge < -0.3 is 46.9 Å². The number of likely N-dealkylation sites (tertiary alicyclic amines) is 1. The average molecular weight is 1330 g/mol. The van der Waals surface area contributed by atoms with E-state index in [2.05, 4.69) is 66.5 Å². The first kappa shape index (κ1) is 63.0. The molecule has 3 aliphatic rings. The normalized spacial score (nSPS) is 17.6. The van der Waals surface area contributed by atoms with Crippen molar-refractivity contribution in [1.29, 1.82) is 0 Å². The van der Waals surface area contributed by atoms with Gasteiger partial charge in [-0.2, -0.15) is 21.5 Å². The zero-order chi connectivity index (χ0) is 66.3. The van der Waals surface area contributed by atoms with Gasteiger partial charge in [0.05, 0.1) is 64.4 Å². The molecule has 0 unspecified atom stereocenters. The lowest BCUT2D eigenvalue weighted by Gasteiger charge is -2.31. The molecule has 13 aromatic rings. The summed E-state index contributed by atoms with van der Waals surface area (Å²) in [6, 6.07) is 23.9. The lowest BCUT2D eigenvalue weighted by Crippen LogP contribution is -2.38.